The van der Waals surface area contributed by atoms with Gasteiger partial charge in [0.15, 0.2) is 29.1 Å². The highest BCUT2D eigenvalue weighted by atomic mass is 16.7. The minimum Gasteiger partial charge on any atom is -0.490 e. The van der Waals surface area contributed by atoms with Gasteiger partial charge in [0.2, 0.25) is 12.4 Å². The third kappa shape index (κ3) is 7.40. The normalized spacial score (nSPS) is 22.2. The Morgan fingerprint density at radius 2 is 1.46 bits per heavy atom. The Labute approximate surface area is 262 Å². The van der Waals surface area contributed by atoms with Crippen LogP contribution in [0.5, 0.6) is 17.2 Å². The fourth-order valence-electron chi connectivity index (χ4n) is 5.13. The molecule has 2 aromatic carbocycles. The average molecular weight is 641 g/mol. The lowest BCUT2D eigenvalue weighted by molar-refractivity contribution is -0.288. The molecule has 0 aliphatic carbocycles. The van der Waals surface area contributed by atoms with Crippen LogP contribution in [-0.4, -0.2) is 74.4 Å². The fraction of sp³-hybridized carbons (Fsp3) is 0.406. The van der Waals surface area contributed by atoms with Crippen molar-refractivity contribution in [3.05, 3.63) is 52.9 Å². The highest BCUT2D eigenvalue weighted by Crippen LogP contribution is 2.35. The van der Waals surface area contributed by atoms with E-state index in [1.165, 1.54) is 31.4 Å². The van der Waals surface area contributed by atoms with E-state index >= 15 is 0 Å². The molecule has 46 heavy (non-hydrogen) atoms. The van der Waals surface area contributed by atoms with Crippen molar-refractivity contribution in [2.75, 3.05) is 19.8 Å². The number of fused-ring (bicyclic) bond motifs is 2. The zero-order chi connectivity index (χ0) is 33.0. The minimum absolute atomic E-state index is 0.125. The highest BCUT2D eigenvalue weighted by Gasteiger charge is 2.53. The lowest BCUT2D eigenvalue weighted by atomic mass is 9.98. The second-order valence-electron chi connectivity index (χ2n) is 10.5. The molecule has 244 valence electrons. The third-order valence-corrected chi connectivity index (χ3v) is 7.01. The summed E-state index contributed by atoms with van der Waals surface area (Å²) in [5, 5.41) is 0.249. The number of ether oxygens (including phenoxy) is 8. The summed E-state index contributed by atoms with van der Waals surface area (Å²) in [6, 6.07) is 9.61. The molecule has 14 heteroatoms. The van der Waals surface area contributed by atoms with Gasteiger partial charge in [-0.05, 0) is 29.8 Å². The van der Waals surface area contributed by atoms with Gasteiger partial charge >= 0.3 is 23.9 Å². The van der Waals surface area contributed by atoms with E-state index in [0.717, 1.165) is 27.2 Å². The van der Waals surface area contributed by atoms with Crippen molar-refractivity contribution in [2.45, 2.75) is 64.8 Å². The maximum Gasteiger partial charge on any atom is 0.303 e. The molecule has 0 bridgehead atoms. The molecule has 5 atom stereocenters. The Balaban J connectivity index is 1.46. The molecule has 1 saturated heterocycles. The summed E-state index contributed by atoms with van der Waals surface area (Å²) in [6.07, 6.45) is -4.74. The van der Waals surface area contributed by atoms with Crippen LogP contribution >= 0.6 is 0 Å². The molecule has 1 fully saturated rings. The Morgan fingerprint density at radius 3 is 2.15 bits per heavy atom. The van der Waals surface area contributed by atoms with Crippen LogP contribution < -0.4 is 19.6 Å². The summed E-state index contributed by atoms with van der Waals surface area (Å²) >= 11 is 0. The first kappa shape index (κ1) is 32.3. The van der Waals surface area contributed by atoms with Crippen molar-refractivity contribution in [3.8, 4) is 28.4 Å². The van der Waals surface area contributed by atoms with E-state index < -0.39 is 61.2 Å². The molecule has 2 aliphatic heterocycles. The Kier molecular flexibility index (Phi) is 9.75. The smallest absolute Gasteiger partial charge is 0.303 e. The predicted octanol–water partition coefficient (Wildman–Crippen LogP) is 3.08. The first-order valence-electron chi connectivity index (χ1n) is 14.4. The van der Waals surface area contributed by atoms with Crippen LogP contribution in [0.15, 0.2) is 51.9 Å². The molecule has 0 N–H and O–H groups in total. The van der Waals surface area contributed by atoms with Gasteiger partial charge in [-0.15, -0.1) is 0 Å². The summed E-state index contributed by atoms with van der Waals surface area (Å²) in [7, 11) is 0. The van der Waals surface area contributed by atoms with Crippen molar-refractivity contribution in [2.24, 2.45) is 0 Å². The number of carbonyl (C=O) groups excluding carboxylic acids is 4. The molecule has 0 saturated carbocycles. The van der Waals surface area contributed by atoms with E-state index in [4.69, 9.17) is 42.3 Å². The SMILES string of the molecule is CC(=O)OC[C@H]1O[C@@H](Oc2ccc3c(=O)c(-c4ccc5c(c4)OCCCO5)coc3c2)[C@@H](OC(C)=O)[C@@H](OC(C)=O)[C@@H]1OC(C)=O. The van der Waals surface area contributed by atoms with Crippen LogP contribution in [0.1, 0.15) is 34.1 Å². The van der Waals surface area contributed by atoms with Gasteiger partial charge < -0.3 is 42.3 Å². The quantitative estimate of drug-likeness (QED) is 0.260. The van der Waals surface area contributed by atoms with Crippen LogP contribution in [0.3, 0.4) is 0 Å². The molecule has 1 aromatic heterocycles. The molecule has 3 aromatic rings. The van der Waals surface area contributed by atoms with Crippen LogP contribution in [0, 0.1) is 0 Å². The zero-order valence-corrected chi connectivity index (χ0v) is 25.5. The van der Waals surface area contributed by atoms with E-state index in [9.17, 15) is 24.0 Å². The molecule has 0 radical (unpaired) electrons. The number of carbonyl (C=O) groups is 4. The summed E-state index contributed by atoms with van der Waals surface area (Å²) in [5.74, 6) is -1.70. The monoisotopic (exact) mass is 640 g/mol. The first-order valence-corrected chi connectivity index (χ1v) is 14.4. The minimum atomic E-state index is -1.45. The van der Waals surface area contributed by atoms with Crippen molar-refractivity contribution >= 4 is 34.8 Å². The van der Waals surface area contributed by atoms with E-state index in [0.29, 0.717) is 35.8 Å². The van der Waals surface area contributed by atoms with Gasteiger partial charge in [0.25, 0.3) is 0 Å². The van der Waals surface area contributed by atoms with E-state index in [2.05, 4.69) is 0 Å². The maximum atomic E-state index is 13.5. The lowest BCUT2D eigenvalue weighted by Gasteiger charge is -2.43. The first-order chi connectivity index (χ1) is 22.0. The van der Waals surface area contributed by atoms with Gasteiger partial charge in [-0.3, -0.25) is 24.0 Å². The van der Waals surface area contributed by atoms with Gasteiger partial charge in [-0.25, -0.2) is 0 Å². The number of benzene rings is 2. The van der Waals surface area contributed by atoms with Crippen molar-refractivity contribution in [1.82, 2.24) is 0 Å². The molecule has 3 heterocycles. The van der Waals surface area contributed by atoms with Crippen molar-refractivity contribution in [1.29, 1.82) is 0 Å². The standard InChI is InChI=1S/C32H32O14/c1-16(33)40-15-27-29(42-17(2)34)30(43-18(3)35)31(44-19(4)36)32(46-27)45-21-7-8-22-25(13-21)41-14-23(28(22)37)20-6-9-24-26(12-20)39-11-5-10-38-24/h6-9,12-14,27,29-32H,5,10-11,15H2,1-4H3/t27-,29-,30+,31+,32-/m1/s1. The second kappa shape index (κ2) is 13.9. The Morgan fingerprint density at radius 1 is 0.783 bits per heavy atom. The molecule has 5 rings (SSSR count). The van der Waals surface area contributed by atoms with Gasteiger partial charge in [-0.2, -0.15) is 0 Å². The number of esters is 4. The van der Waals surface area contributed by atoms with Crippen LogP contribution in [0.4, 0.5) is 0 Å². The molecular weight excluding hydrogens is 608 g/mol. The van der Waals surface area contributed by atoms with Gasteiger partial charge in [0.05, 0.1) is 24.2 Å². The third-order valence-electron chi connectivity index (χ3n) is 7.01. The summed E-state index contributed by atoms with van der Waals surface area (Å²) in [5.41, 5.74) is 0.745. The molecule has 0 amide bonds. The van der Waals surface area contributed by atoms with Crippen molar-refractivity contribution in [3.63, 3.8) is 0 Å². The van der Waals surface area contributed by atoms with E-state index in [-0.39, 0.29) is 22.1 Å². The average Bonchev–Trinajstić information content (AvgIpc) is 3.24. The van der Waals surface area contributed by atoms with Crippen LogP contribution in [0.2, 0.25) is 0 Å². The number of rotatable bonds is 8. The summed E-state index contributed by atoms with van der Waals surface area (Å²) in [4.78, 5) is 61.2. The topological polar surface area (TPSA) is 172 Å². The number of hydrogen-bond acceptors (Lipinski definition) is 14. The summed E-state index contributed by atoms with van der Waals surface area (Å²) in [6.45, 7) is 5.16. The molecule has 0 spiro atoms. The fourth-order valence-corrected chi connectivity index (χ4v) is 5.13. The summed E-state index contributed by atoms with van der Waals surface area (Å²) < 4.78 is 50.6. The largest absolute Gasteiger partial charge is 0.490 e. The van der Waals surface area contributed by atoms with Gasteiger partial charge in [0, 0.05) is 40.2 Å². The van der Waals surface area contributed by atoms with Gasteiger partial charge in [0.1, 0.15) is 30.3 Å². The molecule has 14 nitrogen and oxygen atoms in total. The van der Waals surface area contributed by atoms with E-state index in [1.807, 2.05) is 0 Å². The number of hydrogen-bond donors (Lipinski definition) is 0. The molecule has 2 aliphatic rings. The Hall–Kier alpha value is -5.11. The molecular formula is C32H32O14. The molecule has 0 unspecified atom stereocenters. The zero-order valence-electron chi connectivity index (χ0n) is 25.5. The lowest BCUT2D eigenvalue weighted by Crippen LogP contribution is -2.63. The van der Waals surface area contributed by atoms with Crippen LogP contribution in [0.25, 0.3) is 22.1 Å². The second-order valence-corrected chi connectivity index (χ2v) is 10.5. The maximum absolute atomic E-state index is 13.5. The van der Waals surface area contributed by atoms with Crippen LogP contribution in [-0.2, 0) is 42.9 Å². The predicted molar refractivity (Wildman–Crippen MR) is 156 cm³/mol. The van der Waals surface area contributed by atoms with Gasteiger partial charge in [-0.1, -0.05) is 6.07 Å². The Bertz CT molecular complexity index is 1690. The van der Waals surface area contributed by atoms with E-state index in [1.54, 1.807) is 18.2 Å². The van der Waals surface area contributed by atoms with Crippen molar-refractivity contribution < 1.29 is 61.5 Å². The highest BCUT2D eigenvalue weighted by molar-refractivity contribution is 5.83.